The Morgan fingerprint density at radius 2 is 1.02 bits per heavy atom. The second-order valence-electron chi connectivity index (χ2n) is 15.9. The number of hydrogen-bond donors (Lipinski definition) is 2. The number of hydrogen-bond acceptors (Lipinski definition) is 8. The summed E-state index contributed by atoms with van der Waals surface area (Å²) < 4.78 is 12.5. The first kappa shape index (κ1) is 36.7. The fraction of sp³-hybridized carbons (Fsp3) is 0.429. The number of pyridine rings is 2. The Bertz CT molecular complexity index is 1960. The maximum absolute atomic E-state index is 11.8. The fourth-order valence-corrected chi connectivity index (χ4v) is 9.00. The van der Waals surface area contributed by atoms with Crippen molar-refractivity contribution in [2.75, 3.05) is 26.2 Å². The predicted octanol–water partition coefficient (Wildman–Crippen LogP) is 7.29. The molecule has 0 aliphatic carbocycles. The zero-order chi connectivity index (χ0) is 37.8. The van der Waals surface area contributed by atoms with Gasteiger partial charge in [-0.25, -0.2) is 9.97 Å². The molecule has 4 aliphatic rings. The van der Waals surface area contributed by atoms with E-state index < -0.39 is 0 Å². The van der Waals surface area contributed by atoms with E-state index in [0.717, 1.165) is 72.4 Å². The summed E-state index contributed by atoms with van der Waals surface area (Å²) in [5, 5.41) is 7.39. The average molecular weight is 770 g/mol. The lowest BCUT2D eigenvalue weighted by Gasteiger charge is -2.48. The van der Waals surface area contributed by atoms with Crippen LogP contribution < -0.4 is 20.1 Å². The average Bonchev–Trinajstić information content (AvgIpc) is 3.68. The van der Waals surface area contributed by atoms with E-state index in [0.29, 0.717) is 59.1 Å². The fourth-order valence-electron chi connectivity index (χ4n) is 8.35. The highest BCUT2D eigenvalue weighted by atomic mass is 35.5. The van der Waals surface area contributed by atoms with Gasteiger partial charge in [0.25, 0.3) is 0 Å². The largest absolute Gasteiger partial charge is 0.475 e. The van der Waals surface area contributed by atoms with Crippen LogP contribution >= 0.6 is 23.2 Å². The topological polar surface area (TPSA) is 109 Å². The van der Waals surface area contributed by atoms with Gasteiger partial charge in [-0.1, -0.05) is 71.7 Å². The van der Waals surface area contributed by atoms with Crippen LogP contribution in [0.3, 0.4) is 0 Å². The Kier molecular flexibility index (Phi) is 9.83. The molecular weight excluding hydrogens is 723 g/mol. The molecule has 0 saturated carbocycles. The van der Waals surface area contributed by atoms with Crippen molar-refractivity contribution in [1.29, 1.82) is 0 Å². The number of benzene rings is 2. The number of halogens is 2. The van der Waals surface area contributed by atoms with Gasteiger partial charge in [0.2, 0.25) is 23.6 Å². The zero-order valence-corrected chi connectivity index (χ0v) is 32.7. The van der Waals surface area contributed by atoms with E-state index in [2.05, 4.69) is 32.6 Å². The van der Waals surface area contributed by atoms with Crippen LogP contribution in [0.1, 0.15) is 64.5 Å². The second-order valence-corrected chi connectivity index (χ2v) is 16.7. The highest BCUT2D eigenvalue weighted by Gasteiger charge is 2.48. The van der Waals surface area contributed by atoms with Gasteiger partial charge in [-0.05, 0) is 52.7 Å². The van der Waals surface area contributed by atoms with E-state index in [1.165, 1.54) is 0 Å². The van der Waals surface area contributed by atoms with Crippen molar-refractivity contribution in [2.24, 2.45) is 0 Å². The van der Waals surface area contributed by atoms with Crippen molar-refractivity contribution in [3.8, 4) is 45.4 Å². The van der Waals surface area contributed by atoms with Gasteiger partial charge in [-0.2, -0.15) is 0 Å². The van der Waals surface area contributed by atoms with Crippen LogP contribution in [0.2, 0.25) is 10.0 Å². The van der Waals surface area contributed by atoms with Gasteiger partial charge in [0.05, 0.1) is 44.7 Å². The first-order valence-corrected chi connectivity index (χ1v) is 19.6. The summed E-state index contributed by atoms with van der Waals surface area (Å²) in [5.74, 6) is 1.44. The molecule has 282 valence electrons. The number of carbonyl (C=O) groups is 2. The van der Waals surface area contributed by atoms with Gasteiger partial charge in [0.1, 0.15) is 0 Å². The Balaban J connectivity index is 1.05. The van der Waals surface area contributed by atoms with Crippen molar-refractivity contribution in [3.05, 3.63) is 81.8 Å². The number of carbonyl (C=O) groups excluding carboxylic acids is 2. The molecule has 2 aromatic carbocycles. The molecule has 54 heavy (non-hydrogen) atoms. The highest BCUT2D eigenvalue weighted by Crippen LogP contribution is 2.43. The molecule has 4 aliphatic heterocycles. The van der Waals surface area contributed by atoms with E-state index >= 15 is 0 Å². The van der Waals surface area contributed by atoms with Crippen LogP contribution in [0.4, 0.5) is 0 Å². The third-order valence-corrected chi connectivity index (χ3v) is 11.6. The molecule has 10 nitrogen and oxygen atoms in total. The van der Waals surface area contributed by atoms with Crippen molar-refractivity contribution >= 4 is 35.0 Å². The van der Waals surface area contributed by atoms with Crippen LogP contribution in [0, 0.1) is 0 Å². The van der Waals surface area contributed by atoms with E-state index in [9.17, 15) is 9.59 Å². The molecule has 2 N–H and O–H groups in total. The van der Waals surface area contributed by atoms with Crippen molar-refractivity contribution in [3.63, 3.8) is 0 Å². The SMILES string of the molecule is CC(C)Oc1nc(-c2cccc(-c3cccc(-c4ccc(CN5CC6(CCC(=O)N6)C5)c(OC(C)C)n4)c3Cl)c2Cl)ccc1CN1CC2(CCC(=O)N2)C1. The third kappa shape index (κ3) is 7.29. The lowest BCUT2D eigenvalue weighted by molar-refractivity contribution is -0.121. The number of nitrogens with zero attached hydrogens (tertiary/aromatic N) is 4. The Morgan fingerprint density at radius 3 is 1.37 bits per heavy atom. The Labute approximate surface area is 326 Å². The summed E-state index contributed by atoms with van der Waals surface area (Å²) in [6.45, 7) is 12.6. The molecule has 12 heteroatoms. The van der Waals surface area contributed by atoms with E-state index in [1.54, 1.807) is 0 Å². The number of ether oxygens (including phenoxy) is 2. The van der Waals surface area contributed by atoms with Crippen molar-refractivity contribution in [1.82, 2.24) is 30.4 Å². The second kappa shape index (κ2) is 14.5. The Hall–Kier alpha value is -4.22. The maximum Gasteiger partial charge on any atom is 0.220 e. The summed E-state index contributed by atoms with van der Waals surface area (Å²) in [6.07, 6.45) is 2.84. The molecule has 0 atom stereocenters. The highest BCUT2D eigenvalue weighted by molar-refractivity contribution is 6.39. The van der Waals surface area contributed by atoms with E-state index in [4.69, 9.17) is 42.6 Å². The molecule has 4 saturated heterocycles. The number of rotatable bonds is 11. The van der Waals surface area contributed by atoms with E-state index in [-0.39, 0.29) is 35.1 Å². The van der Waals surface area contributed by atoms with Crippen LogP contribution in [0.15, 0.2) is 60.7 Å². The number of likely N-dealkylation sites (tertiary alicyclic amines) is 2. The van der Waals surface area contributed by atoms with Crippen LogP contribution in [-0.4, -0.2) is 81.0 Å². The van der Waals surface area contributed by atoms with Crippen molar-refractivity contribution in [2.45, 2.75) is 89.8 Å². The molecule has 2 spiro atoms. The predicted molar refractivity (Wildman–Crippen MR) is 211 cm³/mol. The number of nitrogens with one attached hydrogen (secondary N) is 2. The van der Waals surface area contributed by atoms with Gasteiger partial charge in [-0.15, -0.1) is 0 Å². The molecule has 0 unspecified atom stereocenters. The van der Waals surface area contributed by atoms with E-state index in [1.807, 2.05) is 76.2 Å². The zero-order valence-electron chi connectivity index (χ0n) is 31.2. The molecule has 2 amide bonds. The molecule has 4 aromatic rings. The molecule has 0 bridgehead atoms. The molecule has 8 rings (SSSR count). The lowest BCUT2D eigenvalue weighted by atomic mass is 9.88. The smallest absolute Gasteiger partial charge is 0.220 e. The molecule has 4 fully saturated rings. The van der Waals surface area contributed by atoms with Crippen LogP contribution in [0.5, 0.6) is 11.8 Å². The van der Waals surface area contributed by atoms with Gasteiger partial charge < -0.3 is 20.1 Å². The minimum atomic E-state index is -0.0885. The van der Waals surface area contributed by atoms with Crippen LogP contribution in [-0.2, 0) is 22.7 Å². The molecule has 2 aromatic heterocycles. The number of amides is 2. The van der Waals surface area contributed by atoms with Crippen molar-refractivity contribution < 1.29 is 19.1 Å². The first-order valence-electron chi connectivity index (χ1n) is 18.9. The maximum atomic E-state index is 11.8. The summed E-state index contributed by atoms with van der Waals surface area (Å²) in [4.78, 5) is 38.3. The lowest BCUT2D eigenvalue weighted by Crippen LogP contribution is -2.66. The minimum absolute atomic E-state index is 0.0650. The van der Waals surface area contributed by atoms with Crippen LogP contribution in [0.25, 0.3) is 33.6 Å². The first-order chi connectivity index (χ1) is 25.9. The standard InChI is InChI=1S/C42H46Cl2N6O4/c1-25(2)53-39-27(19-49-21-41(22-49)17-15-35(51)47-41)11-13-33(45-39)31-9-5-7-29(37(31)43)30-8-6-10-32(38(30)44)34-14-12-28(40(46-34)54-26(3)4)20-50-23-42(24-50)18-16-36(52)48-42/h5-14,25-26H,15-24H2,1-4H3,(H,47,51)(H,48,52). The van der Waals surface area contributed by atoms with Gasteiger partial charge in [0, 0.05) is 85.5 Å². The minimum Gasteiger partial charge on any atom is -0.475 e. The molecule has 0 radical (unpaired) electrons. The Morgan fingerprint density at radius 1 is 0.630 bits per heavy atom. The quantitative estimate of drug-likeness (QED) is 0.164. The monoisotopic (exact) mass is 768 g/mol. The van der Waals surface area contributed by atoms with Gasteiger partial charge in [-0.3, -0.25) is 19.4 Å². The summed E-state index contributed by atoms with van der Waals surface area (Å²) in [5.41, 5.74) is 6.31. The molecule has 6 heterocycles. The summed E-state index contributed by atoms with van der Waals surface area (Å²) in [6, 6.07) is 19.9. The van der Waals surface area contributed by atoms with Gasteiger partial charge in [0.15, 0.2) is 0 Å². The normalized spacial score (nSPS) is 19.0. The summed E-state index contributed by atoms with van der Waals surface area (Å²) in [7, 11) is 0. The van der Waals surface area contributed by atoms with Gasteiger partial charge >= 0.3 is 0 Å². The number of aromatic nitrogens is 2. The molecular formula is C42H46Cl2N6O4. The summed E-state index contributed by atoms with van der Waals surface area (Å²) >= 11 is 14.4. The third-order valence-electron chi connectivity index (χ3n) is 10.8.